The maximum absolute atomic E-state index is 12.8. The molecule has 0 bridgehead atoms. The van der Waals surface area contributed by atoms with E-state index in [0.717, 1.165) is 38.5 Å². The molecule has 0 N–H and O–H groups in total. The zero-order valence-electron chi connectivity index (χ0n) is 14.4. The molecule has 1 aromatic heterocycles. The highest BCUT2D eigenvalue weighted by Gasteiger charge is 2.36. The van der Waals surface area contributed by atoms with Crippen molar-refractivity contribution in [3.63, 3.8) is 0 Å². The van der Waals surface area contributed by atoms with E-state index in [-0.39, 0.29) is 24.0 Å². The molecule has 2 heterocycles. The minimum Gasteiger partial charge on any atom is -0.294 e. The van der Waals surface area contributed by atoms with Crippen LogP contribution in [-0.2, 0) is 17.1 Å². The van der Waals surface area contributed by atoms with Gasteiger partial charge in [-0.3, -0.25) is 9.48 Å². The first kappa shape index (κ1) is 17.6. The van der Waals surface area contributed by atoms with Crippen molar-refractivity contribution in [1.82, 2.24) is 14.1 Å². The van der Waals surface area contributed by atoms with Crippen LogP contribution >= 0.6 is 0 Å². The van der Waals surface area contributed by atoms with Gasteiger partial charge >= 0.3 is 0 Å². The van der Waals surface area contributed by atoms with Gasteiger partial charge in [0.15, 0.2) is 5.78 Å². The molecule has 1 aromatic rings. The lowest BCUT2D eigenvalue weighted by molar-refractivity contribution is 0.0961. The summed E-state index contributed by atoms with van der Waals surface area (Å²) in [7, 11) is -1.50. The van der Waals surface area contributed by atoms with Crippen molar-refractivity contribution in [2.45, 2.75) is 57.4 Å². The lowest BCUT2D eigenvalue weighted by atomic mass is 9.91. The summed E-state index contributed by atoms with van der Waals surface area (Å²) in [6.45, 7) is 0.556. The quantitative estimate of drug-likeness (QED) is 0.736. The average Bonchev–Trinajstić information content (AvgIpc) is 3.17. The standard InChI is InChI=1S/C17H27N3O3S/c1-19-12-15(11-18-19)17(21)10-16-8-5-9-20(16)24(22,23)13-14-6-3-2-4-7-14/h11-12,14,16H,2-10,13H2,1H3/t16-/m0/s1. The molecule has 1 aliphatic carbocycles. The van der Waals surface area contributed by atoms with Crippen LogP contribution in [0.15, 0.2) is 12.4 Å². The highest BCUT2D eigenvalue weighted by molar-refractivity contribution is 7.89. The molecular weight excluding hydrogens is 326 g/mol. The van der Waals surface area contributed by atoms with E-state index in [4.69, 9.17) is 0 Å². The fraction of sp³-hybridized carbons (Fsp3) is 0.765. The molecule has 1 atom stereocenters. The molecule has 1 saturated heterocycles. The molecule has 24 heavy (non-hydrogen) atoms. The summed E-state index contributed by atoms with van der Waals surface area (Å²) in [5.41, 5.74) is 0.564. The number of carbonyl (C=O) groups excluding carboxylic acids is 1. The van der Waals surface area contributed by atoms with Gasteiger partial charge in [0.2, 0.25) is 10.0 Å². The second kappa shape index (κ2) is 7.35. The van der Waals surface area contributed by atoms with Gasteiger partial charge in [0.25, 0.3) is 0 Å². The maximum atomic E-state index is 12.8. The monoisotopic (exact) mass is 353 g/mol. The normalized spacial score (nSPS) is 23.6. The molecule has 2 aliphatic rings. The molecule has 0 aromatic carbocycles. The van der Waals surface area contributed by atoms with Crippen molar-refractivity contribution >= 4 is 15.8 Å². The predicted octanol–water partition coefficient (Wildman–Crippen LogP) is 2.37. The van der Waals surface area contributed by atoms with Crippen molar-refractivity contribution in [2.75, 3.05) is 12.3 Å². The second-order valence-electron chi connectivity index (χ2n) is 7.22. The fourth-order valence-electron chi connectivity index (χ4n) is 4.02. The van der Waals surface area contributed by atoms with Crippen LogP contribution in [0.4, 0.5) is 0 Å². The minimum absolute atomic E-state index is 0.0205. The van der Waals surface area contributed by atoms with Crippen molar-refractivity contribution in [3.8, 4) is 0 Å². The Morgan fingerprint density at radius 2 is 1.96 bits per heavy atom. The zero-order chi connectivity index (χ0) is 17.2. The third-order valence-electron chi connectivity index (χ3n) is 5.30. The van der Waals surface area contributed by atoms with Crippen LogP contribution in [0.2, 0.25) is 0 Å². The van der Waals surface area contributed by atoms with E-state index in [1.807, 2.05) is 0 Å². The van der Waals surface area contributed by atoms with Crippen LogP contribution < -0.4 is 0 Å². The Kier molecular flexibility index (Phi) is 5.39. The van der Waals surface area contributed by atoms with Gasteiger partial charge in [-0.25, -0.2) is 8.42 Å². The van der Waals surface area contributed by atoms with E-state index in [2.05, 4.69) is 5.10 Å². The van der Waals surface area contributed by atoms with Crippen molar-refractivity contribution in [3.05, 3.63) is 18.0 Å². The van der Waals surface area contributed by atoms with Crippen LogP contribution in [-0.4, -0.2) is 46.6 Å². The van der Waals surface area contributed by atoms with Gasteiger partial charge in [0.05, 0.1) is 17.5 Å². The Hall–Kier alpha value is -1.21. The Balaban J connectivity index is 1.64. The van der Waals surface area contributed by atoms with Gasteiger partial charge in [-0.2, -0.15) is 9.40 Å². The molecule has 6 nitrogen and oxygen atoms in total. The van der Waals surface area contributed by atoms with Crippen LogP contribution in [0, 0.1) is 5.92 Å². The minimum atomic E-state index is -3.27. The van der Waals surface area contributed by atoms with Gasteiger partial charge < -0.3 is 0 Å². The molecule has 0 unspecified atom stereocenters. The van der Waals surface area contributed by atoms with Gasteiger partial charge in [0.1, 0.15) is 0 Å². The fourth-order valence-corrected chi connectivity index (χ4v) is 6.19. The molecule has 1 saturated carbocycles. The molecule has 1 aliphatic heterocycles. The van der Waals surface area contributed by atoms with Gasteiger partial charge in [-0.1, -0.05) is 19.3 Å². The molecular formula is C17H27N3O3S. The summed E-state index contributed by atoms with van der Waals surface area (Å²) in [6.07, 6.45) is 10.7. The van der Waals surface area contributed by atoms with Crippen LogP contribution in [0.3, 0.4) is 0 Å². The molecule has 134 valence electrons. The Morgan fingerprint density at radius 3 is 2.62 bits per heavy atom. The molecule has 2 fully saturated rings. The van der Waals surface area contributed by atoms with E-state index in [9.17, 15) is 13.2 Å². The molecule has 7 heteroatoms. The van der Waals surface area contributed by atoms with E-state index < -0.39 is 10.0 Å². The first-order valence-electron chi connectivity index (χ1n) is 8.97. The lowest BCUT2D eigenvalue weighted by Crippen LogP contribution is -2.40. The number of carbonyl (C=O) groups is 1. The summed E-state index contributed by atoms with van der Waals surface area (Å²) in [6, 6.07) is -0.189. The topological polar surface area (TPSA) is 72.3 Å². The first-order valence-corrected chi connectivity index (χ1v) is 10.6. The number of Topliss-reactive ketones (excluding diaryl/α,β-unsaturated/α-hetero) is 1. The molecule has 0 spiro atoms. The molecule has 3 rings (SSSR count). The number of hydrogen-bond donors (Lipinski definition) is 0. The number of aromatic nitrogens is 2. The van der Waals surface area contributed by atoms with E-state index in [1.54, 1.807) is 28.4 Å². The van der Waals surface area contributed by atoms with E-state index in [0.29, 0.717) is 18.0 Å². The summed E-state index contributed by atoms with van der Waals surface area (Å²) in [5.74, 6) is 0.525. The van der Waals surface area contributed by atoms with Crippen molar-refractivity contribution in [1.29, 1.82) is 0 Å². The van der Waals surface area contributed by atoms with Crippen molar-refractivity contribution in [2.24, 2.45) is 13.0 Å². The third-order valence-corrected chi connectivity index (χ3v) is 7.39. The largest absolute Gasteiger partial charge is 0.294 e. The highest BCUT2D eigenvalue weighted by atomic mass is 32.2. The number of sulfonamides is 1. The highest BCUT2D eigenvalue weighted by Crippen LogP contribution is 2.30. The number of rotatable bonds is 6. The number of hydrogen-bond acceptors (Lipinski definition) is 4. The van der Waals surface area contributed by atoms with Crippen molar-refractivity contribution < 1.29 is 13.2 Å². The van der Waals surface area contributed by atoms with Crippen LogP contribution in [0.25, 0.3) is 0 Å². The Morgan fingerprint density at radius 1 is 1.21 bits per heavy atom. The predicted molar refractivity (Wildman–Crippen MR) is 92.2 cm³/mol. The maximum Gasteiger partial charge on any atom is 0.214 e. The van der Waals surface area contributed by atoms with E-state index in [1.165, 1.54) is 6.42 Å². The van der Waals surface area contributed by atoms with Crippen LogP contribution in [0.5, 0.6) is 0 Å². The second-order valence-corrected chi connectivity index (χ2v) is 9.19. The summed E-state index contributed by atoms with van der Waals surface area (Å²) in [5, 5.41) is 4.02. The average molecular weight is 353 g/mol. The smallest absolute Gasteiger partial charge is 0.214 e. The number of aryl methyl sites for hydroxylation is 1. The number of ketones is 1. The summed E-state index contributed by atoms with van der Waals surface area (Å²) in [4.78, 5) is 12.4. The third kappa shape index (κ3) is 4.06. The van der Waals surface area contributed by atoms with Crippen LogP contribution in [0.1, 0.15) is 61.7 Å². The van der Waals surface area contributed by atoms with Gasteiger partial charge in [-0.15, -0.1) is 0 Å². The Bertz CT molecular complexity index is 677. The van der Waals surface area contributed by atoms with E-state index >= 15 is 0 Å². The SMILES string of the molecule is Cn1cc(C(=O)C[C@@H]2CCCN2S(=O)(=O)CC2CCCCC2)cn1. The first-order chi connectivity index (χ1) is 11.5. The molecule has 0 amide bonds. The van der Waals surface area contributed by atoms with Gasteiger partial charge in [-0.05, 0) is 31.6 Å². The number of nitrogens with zero attached hydrogens (tertiary/aromatic N) is 3. The zero-order valence-corrected chi connectivity index (χ0v) is 15.2. The summed E-state index contributed by atoms with van der Waals surface area (Å²) < 4.78 is 28.9. The molecule has 0 radical (unpaired) electrons. The summed E-state index contributed by atoms with van der Waals surface area (Å²) >= 11 is 0. The lowest BCUT2D eigenvalue weighted by Gasteiger charge is -2.27. The van der Waals surface area contributed by atoms with Gasteiger partial charge in [0, 0.05) is 32.3 Å². The Labute approximate surface area is 144 Å².